The molecule has 0 radical (unpaired) electrons. The van der Waals surface area contributed by atoms with Crippen LogP contribution in [0.25, 0.3) is 16.6 Å². The standard InChI is InChI=1S/C26H27N3O2/c1-26(2,3)17-11-12-22-20(14-17)24(19-8-4-5-9-21(19)28-22)25(30)31-16-18-15-29-13-7-6-10-23(29)27-18/h4-10,13,15,17H,11-12,14,16H2,1-3H3/t17-/m1/s1. The molecule has 3 aromatic heterocycles. The molecular formula is C26H27N3O2. The summed E-state index contributed by atoms with van der Waals surface area (Å²) in [7, 11) is 0. The Morgan fingerprint density at radius 1 is 1.13 bits per heavy atom. The number of fused-ring (bicyclic) bond motifs is 3. The van der Waals surface area contributed by atoms with Gasteiger partial charge in [-0.05, 0) is 54.4 Å². The number of imidazole rings is 1. The second kappa shape index (κ2) is 7.49. The van der Waals surface area contributed by atoms with E-state index in [-0.39, 0.29) is 18.0 Å². The number of hydrogen-bond donors (Lipinski definition) is 0. The molecule has 5 nitrogen and oxygen atoms in total. The molecule has 0 aliphatic heterocycles. The van der Waals surface area contributed by atoms with Gasteiger partial charge in [-0.1, -0.05) is 45.0 Å². The van der Waals surface area contributed by atoms with Crippen LogP contribution in [0.15, 0.2) is 54.9 Å². The van der Waals surface area contributed by atoms with Crippen molar-refractivity contribution in [2.24, 2.45) is 11.3 Å². The normalized spacial score (nSPS) is 16.4. The Hall–Kier alpha value is -3.21. The lowest BCUT2D eigenvalue weighted by Gasteiger charge is -2.35. The Bertz CT molecular complexity index is 1250. The van der Waals surface area contributed by atoms with E-state index in [1.165, 1.54) is 0 Å². The number of esters is 1. The first-order valence-corrected chi connectivity index (χ1v) is 10.9. The van der Waals surface area contributed by atoms with Crippen molar-refractivity contribution >= 4 is 22.5 Å². The maximum atomic E-state index is 13.4. The zero-order valence-corrected chi connectivity index (χ0v) is 18.3. The van der Waals surface area contributed by atoms with Gasteiger partial charge in [-0.25, -0.2) is 9.78 Å². The second-order valence-corrected chi connectivity index (χ2v) is 9.51. The molecule has 31 heavy (non-hydrogen) atoms. The minimum Gasteiger partial charge on any atom is -0.455 e. The summed E-state index contributed by atoms with van der Waals surface area (Å²) in [5.74, 6) is 0.217. The van der Waals surface area contributed by atoms with Crippen molar-refractivity contribution in [1.82, 2.24) is 14.4 Å². The number of aromatic nitrogens is 3. The molecule has 0 fully saturated rings. The van der Waals surface area contributed by atoms with Crippen LogP contribution in [0.3, 0.4) is 0 Å². The van der Waals surface area contributed by atoms with Crippen LogP contribution in [0, 0.1) is 11.3 Å². The van der Waals surface area contributed by atoms with Gasteiger partial charge >= 0.3 is 5.97 Å². The number of carbonyl (C=O) groups excluding carboxylic acids is 1. The number of rotatable bonds is 3. The molecule has 5 heteroatoms. The summed E-state index contributed by atoms with van der Waals surface area (Å²) >= 11 is 0. The van der Waals surface area contributed by atoms with E-state index < -0.39 is 0 Å². The lowest BCUT2D eigenvalue weighted by atomic mass is 9.70. The summed E-state index contributed by atoms with van der Waals surface area (Å²) < 4.78 is 7.73. The van der Waals surface area contributed by atoms with Crippen molar-refractivity contribution in [2.75, 3.05) is 0 Å². The fourth-order valence-electron chi connectivity index (χ4n) is 4.63. The monoisotopic (exact) mass is 413 g/mol. The summed E-state index contributed by atoms with van der Waals surface area (Å²) in [6.45, 7) is 6.98. The van der Waals surface area contributed by atoms with Crippen LogP contribution in [-0.2, 0) is 24.2 Å². The predicted octanol–water partition coefficient (Wildman–Crippen LogP) is 5.39. The third-order valence-corrected chi connectivity index (χ3v) is 6.45. The highest BCUT2D eigenvalue weighted by atomic mass is 16.5. The van der Waals surface area contributed by atoms with Gasteiger partial charge in [-0.15, -0.1) is 0 Å². The van der Waals surface area contributed by atoms with Crippen LogP contribution in [0.5, 0.6) is 0 Å². The quantitative estimate of drug-likeness (QED) is 0.423. The topological polar surface area (TPSA) is 56.5 Å². The van der Waals surface area contributed by atoms with Crippen LogP contribution in [-0.4, -0.2) is 20.3 Å². The molecule has 0 spiro atoms. The molecular weight excluding hydrogens is 386 g/mol. The molecule has 1 atom stereocenters. The molecule has 158 valence electrons. The Morgan fingerprint density at radius 2 is 1.94 bits per heavy atom. The zero-order valence-electron chi connectivity index (χ0n) is 18.3. The smallest absolute Gasteiger partial charge is 0.339 e. The van der Waals surface area contributed by atoms with Gasteiger partial charge < -0.3 is 9.14 Å². The van der Waals surface area contributed by atoms with Gasteiger partial charge in [0.05, 0.1) is 16.8 Å². The summed E-state index contributed by atoms with van der Waals surface area (Å²) in [6, 6.07) is 13.7. The molecule has 0 saturated heterocycles. The Labute approximate surface area is 182 Å². The van der Waals surface area contributed by atoms with E-state index in [0.717, 1.165) is 52.8 Å². The van der Waals surface area contributed by atoms with Crippen molar-refractivity contribution < 1.29 is 9.53 Å². The largest absolute Gasteiger partial charge is 0.455 e. The Balaban J connectivity index is 1.50. The maximum Gasteiger partial charge on any atom is 0.339 e. The third kappa shape index (κ3) is 3.69. The van der Waals surface area contributed by atoms with Crippen molar-refractivity contribution in [1.29, 1.82) is 0 Å². The number of benzene rings is 1. The first-order valence-electron chi connectivity index (χ1n) is 10.9. The average molecular weight is 414 g/mol. The number of para-hydroxylation sites is 1. The van der Waals surface area contributed by atoms with Crippen LogP contribution in [0.1, 0.15) is 54.5 Å². The SMILES string of the molecule is CC(C)(C)[C@@H]1CCc2nc3ccccc3c(C(=O)OCc3cn4ccccc4n3)c2C1. The summed E-state index contributed by atoms with van der Waals surface area (Å²) in [5, 5.41) is 0.871. The van der Waals surface area contributed by atoms with Gasteiger partial charge in [0.1, 0.15) is 12.3 Å². The zero-order chi connectivity index (χ0) is 21.6. The maximum absolute atomic E-state index is 13.4. The van der Waals surface area contributed by atoms with E-state index >= 15 is 0 Å². The molecule has 0 unspecified atom stereocenters. The summed E-state index contributed by atoms with van der Waals surface area (Å²) in [5.41, 5.74) is 5.39. The highest BCUT2D eigenvalue weighted by Gasteiger charge is 2.33. The van der Waals surface area contributed by atoms with Crippen molar-refractivity contribution in [2.45, 2.75) is 46.6 Å². The van der Waals surface area contributed by atoms with Crippen LogP contribution in [0.4, 0.5) is 0 Å². The Kier molecular flexibility index (Phi) is 4.77. The molecule has 1 aliphatic carbocycles. The van der Waals surface area contributed by atoms with Gasteiger partial charge in [0, 0.05) is 23.5 Å². The van der Waals surface area contributed by atoms with E-state index in [1.54, 1.807) is 0 Å². The fraction of sp³-hybridized carbons (Fsp3) is 0.346. The fourth-order valence-corrected chi connectivity index (χ4v) is 4.63. The van der Waals surface area contributed by atoms with Crippen molar-refractivity contribution in [3.8, 4) is 0 Å². The molecule has 0 bridgehead atoms. The number of carbonyl (C=O) groups is 1. The number of ether oxygens (including phenoxy) is 1. The minimum absolute atomic E-state index is 0.147. The molecule has 4 aromatic rings. The van der Waals surface area contributed by atoms with E-state index in [1.807, 2.05) is 59.3 Å². The van der Waals surface area contributed by atoms with Gasteiger partial charge in [0.25, 0.3) is 0 Å². The number of aryl methyl sites for hydroxylation is 1. The minimum atomic E-state index is -0.290. The Morgan fingerprint density at radius 3 is 2.74 bits per heavy atom. The highest BCUT2D eigenvalue weighted by Crippen LogP contribution is 2.39. The van der Waals surface area contributed by atoms with Crippen molar-refractivity contribution in [3.63, 3.8) is 0 Å². The van der Waals surface area contributed by atoms with Gasteiger partial charge in [-0.2, -0.15) is 0 Å². The van der Waals surface area contributed by atoms with E-state index in [4.69, 9.17) is 9.72 Å². The molecule has 0 amide bonds. The second-order valence-electron chi connectivity index (χ2n) is 9.51. The van der Waals surface area contributed by atoms with Crippen LogP contribution < -0.4 is 0 Å². The highest BCUT2D eigenvalue weighted by molar-refractivity contribution is 6.05. The number of pyridine rings is 2. The summed E-state index contributed by atoms with van der Waals surface area (Å²) in [6.07, 6.45) is 6.69. The first-order chi connectivity index (χ1) is 14.9. The van der Waals surface area contributed by atoms with Gasteiger partial charge in [-0.3, -0.25) is 4.98 Å². The van der Waals surface area contributed by atoms with Gasteiger partial charge in [0.2, 0.25) is 0 Å². The first kappa shape index (κ1) is 19.7. The summed E-state index contributed by atoms with van der Waals surface area (Å²) in [4.78, 5) is 22.8. The number of nitrogens with zero attached hydrogens (tertiary/aromatic N) is 3. The predicted molar refractivity (Wildman–Crippen MR) is 121 cm³/mol. The third-order valence-electron chi connectivity index (χ3n) is 6.45. The molecule has 0 saturated carbocycles. The molecule has 5 rings (SSSR count). The molecule has 1 aromatic carbocycles. The lowest BCUT2D eigenvalue weighted by Crippen LogP contribution is -2.29. The van der Waals surface area contributed by atoms with Crippen LogP contribution >= 0.6 is 0 Å². The average Bonchev–Trinajstić information content (AvgIpc) is 3.18. The number of hydrogen-bond acceptors (Lipinski definition) is 4. The van der Waals surface area contributed by atoms with E-state index in [9.17, 15) is 4.79 Å². The van der Waals surface area contributed by atoms with E-state index in [0.29, 0.717) is 11.5 Å². The van der Waals surface area contributed by atoms with Gasteiger partial charge in [0.15, 0.2) is 0 Å². The molecule has 0 N–H and O–H groups in total. The van der Waals surface area contributed by atoms with Crippen LogP contribution in [0.2, 0.25) is 0 Å². The molecule has 1 aliphatic rings. The lowest BCUT2D eigenvalue weighted by molar-refractivity contribution is 0.0467. The molecule has 3 heterocycles. The van der Waals surface area contributed by atoms with E-state index in [2.05, 4.69) is 25.8 Å². The van der Waals surface area contributed by atoms with Crippen molar-refractivity contribution in [3.05, 3.63) is 77.4 Å².